The molecule has 1 unspecified atom stereocenters. The fraction of sp³-hybridized carbons (Fsp3) is 1.00. The number of rotatable bonds is 0. The SMILES string of the molecule is C[N+](C)=NP.[OH-]. The van der Waals surface area contributed by atoms with Crippen molar-refractivity contribution < 1.29 is 10.2 Å². The molecule has 1 N–H and O–H groups in total. The van der Waals surface area contributed by atoms with E-state index in [0.29, 0.717) is 0 Å². The summed E-state index contributed by atoms with van der Waals surface area (Å²) in [4.78, 5) is 3.64. The summed E-state index contributed by atoms with van der Waals surface area (Å²) in [7, 11) is 5.98. The minimum absolute atomic E-state index is 0. The fourth-order valence-corrected chi connectivity index (χ4v) is 0. The average molecular weight is 108 g/mol. The van der Waals surface area contributed by atoms with Crippen LogP contribution in [-0.4, -0.2) is 24.3 Å². The molecule has 0 rings (SSSR count). The first kappa shape index (κ1) is 9.37. The summed E-state index contributed by atoms with van der Waals surface area (Å²) in [5.74, 6) is 0. The third kappa shape index (κ3) is 9.01. The summed E-state index contributed by atoms with van der Waals surface area (Å²) in [6, 6.07) is 0. The van der Waals surface area contributed by atoms with Crippen molar-refractivity contribution in [1.82, 2.24) is 0 Å². The van der Waals surface area contributed by atoms with Crippen molar-refractivity contribution in [3.63, 3.8) is 0 Å². The Morgan fingerprint density at radius 2 is 1.67 bits per heavy atom. The summed E-state index contributed by atoms with van der Waals surface area (Å²) in [5, 5.41) is 0. The Morgan fingerprint density at radius 1 is 1.50 bits per heavy atom. The summed E-state index contributed by atoms with van der Waals surface area (Å²) < 4.78 is 1.71. The van der Waals surface area contributed by atoms with E-state index in [1.54, 1.807) is 4.70 Å². The molecular weight excluding hydrogens is 99.0 g/mol. The lowest BCUT2D eigenvalue weighted by Gasteiger charge is -1.68. The van der Waals surface area contributed by atoms with E-state index in [1.165, 1.54) is 0 Å². The van der Waals surface area contributed by atoms with Gasteiger partial charge in [-0.1, -0.05) is 0 Å². The van der Waals surface area contributed by atoms with Crippen LogP contribution in [0.2, 0.25) is 0 Å². The molecule has 0 aromatic rings. The maximum atomic E-state index is 3.64. The first-order valence-corrected chi connectivity index (χ1v) is 1.87. The highest BCUT2D eigenvalue weighted by Gasteiger charge is 1.67. The van der Waals surface area contributed by atoms with Crippen LogP contribution in [0.25, 0.3) is 0 Å². The Morgan fingerprint density at radius 3 is 1.67 bits per heavy atom. The van der Waals surface area contributed by atoms with Crippen molar-refractivity contribution in [2.45, 2.75) is 0 Å². The molecule has 0 aliphatic carbocycles. The summed E-state index contributed by atoms with van der Waals surface area (Å²) in [6.07, 6.45) is 0. The molecular formula is C2H9N2OP. The molecule has 0 heterocycles. The van der Waals surface area contributed by atoms with Crippen LogP contribution in [-0.2, 0) is 0 Å². The topological polar surface area (TPSA) is 45.4 Å². The van der Waals surface area contributed by atoms with Gasteiger partial charge in [0.2, 0.25) is 0 Å². The monoisotopic (exact) mass is 108 g/mol. The molecule has 38 valence electrons. The first-order chi connectivity index (χ1) is 2.27. The van der Waals surface area contributed by atoms with Gasteiger partial charge >= 0.3 is 0 Å². The van der Waals surface area contributed by atoms with Gasteiger partial charge in [-0.15, -0.1) is 4.70 Å². The van der Waals surface area contributed by atoms with Gasteiger partial charge in [-0.05, 0) is 4.88 Å². The predicted octanol–water partition coefficient (Wildman–Crippen LogP) is 0.324. The highest BCUT2D eigenvalue weighted by Crippen LogP contribution is 1.76. The highest BCUT2D eigenvalue weighted by molar-refractivity contribution is 7.14. The zero-order valence-electron chi connectivity index (χ0n) is 3.92. The molecule has 0 aromatic carbocycles. The lowest BCUT2D eigenvalue weighted by molar-refractivity contribution is -0.526. The van der Waals surface area contributed by atoms with Crippen molar-refractivity contribution in [2.75, 3.05) is 14.1 Å². The van der Waals surface area contributed by atoms with Gasteiger partial charge in [-0.3, -0.25) is 0 Å². The van der Waals surface area contributed by atoms with Gasteiger partial charge in [-0.2, -0.15) is 0 Å². The van der Waals surface area contributed by atoms with Gasteiger partial charge in [-0.25, -0.2) is 0 Å². The molecule has 0 saturated carbocycles. The van der Waals surface area contributed by atoms with Crippen molar-refractivity contribution >= 4 is 9.39 Å². The Kier molecular flexibility index (Phi) is 7.79. The van der Waals surface area contributed by atoms with E-state index < -0.39 is 0 Å². The molecule has 6 heavy (non-hydrogen) atoms. The lowest BCUT2D eigenvalue weighted by Crippen LogP contribution is -1.85. The number of hydrogen-bond donors (Lipinski definition) is 0. The molecule has 0 spiro atoms. The van der Waals surface area contributed by atoms with E-state index >= 15 is 0 Å². The van der Waals surface area contributed by atoms with Crippen LogP contribution in [0.4, 0.5) is 0 Å². The van der Waals surface area contributed by atoms with E-state index in [-0.39, 0.29) is 5.48 Å². The Labute approximate surface area is 39.6 Å². The Bertz CT molecular complexity index is 49.5. The molecule has 0 amide bonds. The standard InChI is InChI=1S/C2H8N2P.H2O/c1-4(2)3-5;/h5H2,1-2H3;1H2/q+1;/p-1. The van der Waals surface area contributed by atoms with Crippen LogP contribution < -0.4 is 0 Å². The summed E-state index contributed by atoms with van der Waals surface area (Å²) in [6.45, 7) is 0. The quantitative estimate of drug-likeness (QED) is 0.250. The second-order valence-corrected chi connectivity index (χ2v) is 1.19. The number of nitrogens with zero attached hydrogens (tertiary/aromatic N) is 2. The van der Waals surface area contributed by atoms with Gasteiger partial charge in [0.15, 0.2) is 14.1 Å². The van der Waals surface area contributed by atoms with E-state index in [2.05, 4.69) is 14.3 Å². The fourth-order valence-electron chi connectivity index (χ4n) is 0. The van der Waals surface area contributed by atoms with Crippen LogP contribution >= 0.6 is 9.39 Å². The minimum Gasteiger partial charge on any atom is -0.870 e. The molecule has 0 aromatic heterocycles. The van der Waals surface area contributed by atoms with E-state index in [0.717, 1.165) is 0 Å². The van der Waals surface area contributed by atoms with Gasteiger partial charge in [0.05, 0.1) is 9.39 Å². The first-order valence-electron chi connectivity index (χ1n) is 1.35. The predicted molar refractivity (Wildman–Crippen MR) is 26.2 cm³/mol. The molecule has 0 bridgehead atoms. The van der Waals surface area contributed by atoms with Crippen molar-refractivity contribution in [2.24, 2.45) is 4.88 Å². The molecule has 0 fully saturated rings. The second kappa shape index (κ2) is 4.99. The summed E-state index contributed by atoms with van der Waals surface area (Å²) >= 11 is 0. The number of hydrogen-bond acceptors (Lipinski definition) is 2. The van der Waals surface area contributed by atoms with Crippen LogP contribution in [0.3, 0.4) is 0 Å². The van der Waals surface area contributed by atoms with Crippen LogP contribution in [0, 0.1) is 0 Å². The Hall–Kier alpha value is -0.0100. The molecule has 0 radical (unpaired) electrons. The third-order valence-electron chi connectivity index (χ3n) is 0.231. The second-order valence-electron chi connectivity index (χ2n) is 0.963. The largest absolute Gasteiger partial charge is 0.870 e. The van der Waals surface area contributed by atoms with Gasteiger partial charge in [0.25, 0.3) is 0 Å². The van der Waals surface area contributed by atoms with Crippen molar-refractivity contribution in [1.29, 1.82) is 0 Å². The van der Waals surface area contributed by atoms with Crippen molar-refractivity contribution in [3.05, 3.63) is 0 Å². The van der Waals surface area contributed by atoms with Gasteiger partial charge < -0.3 is 5.48 Å². The zero-order valence-corrected chi connectivity index (χ0v) is 5.07. The van der Waals surface area contributed by atoms with Gasteiger partial charge in [0.1, 0.15) is 0 Å². The third-order valence-corrected chi connectivity index (χ3v) is 0.693. The van der Waals surface area contributed by atoms with Crippen LogP contribution in [0.1, 0.15) is 0 Å². The van der Waals surface area contributed by atoms with E-state index in [1.807, 2.05) is 14.1 Å². The minimum atomic E-state index is 0. The highest BCUT2D eigenvalue weighted by atomic mass is 31.0. The molecule has 4 heteroatoms. The molecule has 0 saturated heterocycles. The maximum absolute atomic E-state index is 3.64. The smallest absolute Gasteiger partial charge is 0.158 e. The molecule has 0 aliphatic heterocycles. The molecule has 3 nitrogen and oxygen atoms in total. The lowest BCUT2D eigenvalue weighted by atomic mass is 11.2. The average Bonchev–Trinajstić information content (AvgIpc) is 1.38. The van der Waals surface area contributed by atoms with Crippen molar-refractivity contribution in [3.8, 4) is 0 Å². The van der Waals surface area contributed by atoms with Crippen LogP contribution in [0.15, 0.2) is 4.88 Å². The van der Waals surface area contributed by atoms with Gasteiger partial charge in [0, 0.05) is 0 Å². The molecule has 0 aliphatic rings. The van der Waals surface area contributed by atoms with E-state index in [4.69, 9.17) is 0 Å². The summed E-state index contributed by atoms with van der Waals surface area (Å²) in [5.41, 5.74) is 0. The van der Waals surface area contributed by atoms with Crippen LogP contribution in [0.5, 0.6) is 0 Å². The molecule has 1 atom stereocenters. The Balaban J connectivity index is 0. The normalized spacial score (nSPS) is 5.83. The zero-order chi connectivity index (χ0) is 4.28. The van der Waals surface area contributed by atoms with E-state index in [9.17, 15) is 0 Å². The maximum Gasteiger partial charge on any atom is 0.158 e.